The molecular formula is C15H18N4O2. The lowest BCUT2D eigenvalue weighted by Crippen LogP contribution is -2.25. The summed E-state index contributed by atoms with van der Waals surface area (Å²) >= 11 is 0. The molecule has 0 bridgehead atoms. The van der Waals surface area contributed by atoms with Gasteiger partial charge in [-0.2, -0.15) is 0 Å². The van der Waals surface area contributed by atoms with Gasteiger partial charge in [0.05, 0.1) is 5.69 Å². The smallest absolute Gasteiger partial charge is 0.363 e. The predicted octanol–water partition coefficient (Wildman–Crippen LogP) is 2.35. The van der Waals surface area contributed by atoms with Crippen LogP contribution in [0.5, 0.6) is 0 Å². The molecule has 0 fully saturated rings. The summed E-state index contributed by atoms with van der Waals surface area (Å²) in [5, 5.41) is 10.7. The van der Waals surface area contributed by atoms with Crippen molar-refractivity contribution in [3.05, 3.63) is 64.3 Å². The van der Waals surface area contributed by atoms with Crippen LogP contribution >= 0.6 is 0 Å². The largest absolute Gasteiger partial charge is 0.364 e. The van der Waals surface area contributed by atoms with E-state index in [9.17, 15) is 10.1 Å². The van der Waals surface area contributed by atoms with Crippen molar-refractivity contribution >= 4 is 11.5 Å². The topological polar surface area (TPSA) is 85.3 Å². The van der Waals surface area contributed by atoms with Crippen LogP contribution in [0.1, 0.15) is 12.0 Å². The van der Waals surface area contributed by atoms with Gasteiger partial charge in [0.25, 0.3) is 0 Å². The van der Waals surface area contributed by atoms with Gasteiger partial charge in [-0.1, -0.05) is 30.3 Å². The molecule has 0 radical (unpaired) electrons. The van der Waals surface area contributed by atoms with E-state index in [2.05, 4.69) is 9.88 Å². The fraction of sp³-hybridized carbons (Fsp3) is 0.267. The van der Waals surface area contributed by atoms with Gasteiger partial charge in [-0.25, -0.2) is 0 Å². The first kappa shape index (κ1) is 14.9. The second-order valence-corrected chi connectivity index (χ2v) is 4.68. The monoisotopic (exact) mass is 286 g/mol. The fourth-order valence-corrected chi connectivity index (χ4v) is 2.06. The molecule has 0 aliphatic carbocycles. The molecule has 0 unspecified atom stereocenters. The number of nitrogens with zero attached hydrogens (tertiary/aromatic N) is 3. The van der Waals surface area contributed by atoms with E-state index in [1.54, 1.807) is 6.07 Å². The van der Waals surface area contributed by atoms with Crippen LogP contribution in [0.15, 0.2) is 48.7 Å². The van der Waals surface area contributed by atoms with E-state index >= 15 is 0 Å². The van der Waals surface area contributed by atoms with Gasteiger partial charge in [0, 0.05) is 19.2 Å². The van der Waals surface area contributed by atoms with E-state index in [0.717, 1.165) is 25.2 Å². The average molecular weight is 286 g/mol. The minimum absolute atomic E-state index is 0.141. The first-order valence-electron chi connectivity index (χ1n) is 6.80. The molecule has 0 atom stereocenters. The number of nitro groups is 1. The number of pyridine rings is 1. The Morgan fingerprint density at radius 3 is 2.52 bits per heavy atom. The van der Waals surface area contributed by atoms with Crippen molar-refractivity contribution in [2.75, 3.05) is 18.0 Å². The van der Waals surface area contributed by atoms with E-state index in [4.69, 9.17) is 5.73 Å². The van der Waals surface area contributed by atoms with Crippen LogP contribution in [0, 0.1) is 10.1 Å². The van der Waals surface area contributed by atoms with Crippen molar-refractivity contribution in [1.29, 1.82) is 0 Å². The Morgan fingerprint density at radius 1 is 1.19 bits per heavy atom. The minimum Gasteiger partial charge on any atom is -0.364 e. The zero-order valence-electron chi connectivity index (χ0n) is 11.7. The van der Waals surface area contributed by atoms with Gasteiger partial charge in [-0.3, -0.25) is 0 Å². The summed E-state index contributed by atoms with van der Waals surface area (Å²) in [6.45, 7) is 2.11. The quantitative estimate of drug-likeness (QED) is 0.623. The molecule has 21 heavy (non-hydrogen) atoms. The third kappa shape index (κ3) is 4.25. The summed E-state index contributed by atoms with van der Waals surface area (Å²) in [6.07, 6.45) is 2.39. The predicted molar refractivity (Wildman–Crippen MR) is 82.1 cm³/mol. The lowest BCUT2D eigenvalue weighted by molar-refractivity contribution is -0.389. The van der Waals surface area contributed by atoms with Gasteiger partial charge in [0.15, 0.2) is 6.20 Å². The second kappa shape index (κ2) is 7.35. The average Bonchev–Trinajstić information content (AvgIpc) is 2.52. The molecule has 2 rings (SSSR count). The van der Waals surface area contributed by atoms with Gasteiger partial charge in [-0.05, 0) is 34.5 Å². The van der Waals surface area contributed by atoms with Crippen LogP contribution in [0.4, 0.5) is 11.5 Å². The van der Waals surface area contributed by atoms with Crippen molar-refractivity contribution in [2.24, 2.45) is 5.73 Å². The normalized spacial score (nSPS) is 10.3. The van der Waals surface area contributed by atoms with E-state index in [0.29, 0.717) is 6.54 Å². The zero-order chi connectivity index (χ0) is 15.1. The molecule has 6 nitrogen and oxygen atoms in total. The Hall–Kier alpha value is -2.47. The van der Waals surface area contributed by atoms with Gasteiger partial charge >= 0.3 is 5.82 Å². The Balaban J connectivity index is 2.16. The molecular weight excluding hydrogens is 268 g/mol. The number of aromatic nitrogens is 1. The number of anilines is 1. The van der Waals surface area contributed by atoms with Crippen molar-refractivity contribution in [2.45, 2.75) is 13.0 Å². The van der Waals surface area contributed by atoms with Gasteiger partial charge in [-0.15, -0.1) is 0 Å². The minimum atomic E-state index is -0.495. The zero-order valence-corrected chi connectivity index (χ0v) is 11.7. The number of rotatable bonds is 7. The molecule has 2 aromatic rings. The molecule has 0 aliphatic heterocycles. The molecule has 0 saturated carbocycles. The molecule has 1 heterocycles. The summed E-state index contributed by atoms with van der Waals surface area (Å²) in [4.78, 5) is 16.2. The first-order chi connectivity index (χ1) is 10.2. The molecule has 1 aromatic carbocycles. The SMILES string of the molecule is NCCCN(Cc1ccccc1)c1ccc([N+](=O)[O-])nc1. The lowest BCUT2D eigenvalue weighted by atomic mass is 10.2. The molecule has 0 saturated heterocycles. The maximum atomic E-state index is 10.7. The van der Waals surface area contributed by atoms with Crippen LogP contribution in [-0.2, 0) is 6.54 Å². The fourth-order valence-electron chi connectivity index (χ4n) is 2.06. The summed E-state index contributed by atoms with van der Waals surface area (Å²) in [5.74, 6) is -0.141. The molecule has 6 heteroatoms. The molecule has 110 valence electrons. The van der Waals surface area contributed by atoms with Crippen molar-refractivity contribution in [3.8, 4) is 0 Å². The highest BCUT2D eigenvalue weighted by Gasteiger charge is 2.12. The number of hydrogen-bond donors (Lipinski definition) is 1. The molecule has 0 aliphatic rings. The Morgan fingerprint density at radius 2 is 1.95 bits per heavy atom. The lowest BCUT2D eigenvalue weighted by Gasteiger charge is -2.23. The highest BCUT2D eigenvalue weighted by molar-refractivity contribution is 5.47. The van der Waals surface area contributed by atoms with E-state index in [1.165, 1.54) is 17.8 Å². The maximum Gasteiger partial charge on any atom is 0.363 e. The highest BCUT2D eigenvalue weighted by Crippen LogP contribution is 2.19. The van der Waals surface area contributed by atoms with Crippen molar-refractivity contribution in [1.82, 2.24) is 4.98 Å². The summed E-state index contributed by atoms with van der Waals surface area (Å²) in [6, 6.07) is 13.2. The highest BCUT2D eigenvalue weighted by atomic mass is 16.6. The van der Waals surface area contributed by atoms with E-state index in [1.807, 2.05) is 30.3 Å². The standard InChI is InChI=1S/C15H18N4O2/c16-9-4-10-18(12-13-5-2-1-3-6-13)14-7-8-15(17-11-14)19(20)21/h1-3,5-8,11H,4,9-10,12,16H2. The first-order valence-corrected chi connectivity index (χ1v) is 6.80. The summed E-state index contributed by atoms with van der Waals surface area (Å²) in [5.41, 5.74) is 7.61. The van der Waals surface area contributed by atoms with E-state index < -0.39 is 4.92 Å². The van der Waals surface area contributed by atoms with Gasteiger partial charge in [0.1, 0.15) is 0 Å². The Kier molecular flexibility index (Phi) is 5.22. The van der Waals surface area contributed by atoms with Gasteiger partial charge in [0.2, 0.25) is 0 Å². The van der Waals surface area contributed by atoms with Crippen LogP contribution in [0.25, 0.3) is 0 Å². The molecule has 2 N–H and O–H groups in total. The Bertz CT molecular complexity index is 572. The number of nitrogens with two attached hydrogens (primary N) is 1. The van der Waals surface area contributed by atoms with Crippen molar-refractivity contribution in [3.63, 3.8) is 0 Å². The van der Waals surface area contributed by atoms with Crippen LogP contribution in [-0.4, -0.2) is 23.0 Å². The van der Waals surface area contributed by atoms with Gasteiger partial charge < -0.3 is 20.7 Å². The van der Waals surface area contributed by atoms with Crippen LogP contribution in [0.3, 0.4) is 0 Å². The summed E-state index contributed by atoms with van der Waals surface area (Å²) in [7, 11) is 0. The Labute approximate surface area is 123 Å². The number of hydrogen-bond acceptors (Lipinski definition) is 5. The molecule has 0 amide bonds. The summed E-state index contributed by atoms with van der Waals surface area (Å²) < 4.78 is 0. The second-order valence-electron chi connectivity index (χ2n) is 4.68. The maximum absolute atomic E-state index is 10.7. The number of benzene rings is 1. The third-order valence-corrected chi connectivity index (χ3v) is 3.13. The molecule has 0 spiro atoms. The van der Waals surface area contributed by atoms with Crippen molar-refractivity contribution < 1.29 is 4.92 Å². The van der Waals surface area contributed by atoms with Crippen LogP contribution < -0.4 is 10.6 Å². The third-order valence-electron chi connectivity index (χ3n) is 3.13. The van der Waals surface area contributed by atoms with Crippen LogP contribution in [0.2, 0.25) is 0 Å². The molecule has 1 aromatic heterocycles. The van der Waals surface area contributed by atoms with E-state index in [-0.39, 0.29) is 5.82 Å².